The van der Waals surface area contributed by atoms with E-state index in [0.29, 0.717) is 29.4 Å². The lowest BCUT2D eigenvalue weighted by Crippen LogP contribution is -2.16. The largest absolute Gasteiger partial charge is 0.497 e. The van der Waals surface area contributed by atoms with Crippen molar-refractivity contribution in [2.75, 3.05) is 12.4 Å². The SMILES string of the molecule is CCn1nc(/C=C2\C(=O)Nc3ccc(OC)cc32)[nH]c1=O. The first-order valence-electron chi connectivity index (χ1n) is 6.51. The number of hydrogen-bond acceptors (Lipinski definition) is 4. The van der Waals surface area contributed by atoms with Crippen LogP contribution in [0.5, 0.6) is 5.75 Å². The number of nitrogens with zero attached hydrogens (tertiary/aromatic N) is 2. The van der Waals surface area contributed by atoms with Gasteiger partial charge in [0, 0.05) is 17.8 Å². The molecule has 1 aliphatic rings. The molecule has 7 nitrogen and oxygen atoms in total. The standard InChI is InChI=1S/C14H14N4O3/c1-3-18-14(20)16-12(17-18)7-10-9-6-8(21-2)4-5-11(9)15-13(10)19/h4-7H,3H2,1-2H3,(H,15,19)(H,16,17,20)/b10-7-. The molecule has 3 rings (SSSR count). The molecule has 21 heavy (non-hydrogen) atoms. The number of aryl methyl sites for hydroxylation is 1. The molecule has 7 heteroatoms. The molecule has 0 radical (unpaired) electrons. The summed E-state index contributed by atoms with van der Waals surface area (Å²) in [7, 11) is 1.57. The Morgan fingerprint density at radius 1 is 1.38 bits per heavy atom. The van der Waals surface area contributed by atoms with Crippen LogP contribution in [0.3, 0.4) is 0 Å². The number of aromatic nitrogens is 3. The van der Waals surface area contributed by atoms with Crippen LogP contribution in [0.4, 0.5) is 5.69 Å². The summed E-state index contributed by atoms with van der Waals surface area (Å²) in [6.45, 7) is 2.29. The third-order valence-corrected chi connectivity index (χ3v) is 3.29. The third-order valence-electron chi connectivity index (χ3n) is 3.29. The second-order valence-corrected chi connectivity index (χ2v) is 4.55. The molecular formula is C14H14N4O3. The Bertz CT molecular complexity index is 801. The first kappa shape index (κ1) is 13.2. The maximum atomic E-state index is 12.0. The summed E-state index contributed by atoms with van der Waals surface area (Å²) in [5, 5.41) is 6.87. The van der Waals surface area contributed by atoms with Crippen LogP contribution in [0, 0.1) is 0 Å². The number of anilines is 1. The topological polar surface area (TPSA) is 89.0 Å². The van der Waals surface area contributed by atoms with Crippen molar-refractivity contribution in [2.24, 2.45) is 0 Å². The van der Waals surface area contributed by atoms with Gasteiger partial charge in [-0.25, -0.2) is 9.48 Å². The maximum Gasteiger partial charge on any atom is 0.343 e. The minimum atomic E-state index is -0.298. The molecule has 2 heterocycles. The normalized spacial score (nSPS) is 15.1. The molecular weight excluding hydrogens is 272 g/mol. The van der Waals surface area contributed by atoms with Gasteiger partial charge in [0.15, 0.2) is 5.82 Å². The van der Waals surface area contributed by atoms with E-state index < -0.39 is 0 Å². The highest BCUT2D eigenvalue weighted by Gasteiger charge is 2.25. The zero-order chi connectivity index (χ0) is 15.0. The summed E-state index contributed by atoms with van der Waals surface area (Å²) in [5.41, 5.74) is 1.59. The summed E-state index contributed by atoms with van der Waals surface area (Å²) in [4.78, 5) is 26.2. The second kappa shape index (κ2) is 4.93. The van der Waals surface area contributed by atoms with E-state index >= 15 is 0 Å². The molecule has 0 bridgehead atoms. The summed E-state index contributed by atoms with van der Waals surface area (Å²) in [6.07, 6.45) is 1.56. The van der Waals surface area contributed by atoms with Crippen LogP contribution in [0.2, 0.25) is 0 Å². The Balaban J connectivity index is 2.08. The van der Waals surface area contributed by atoms with E-state index in [-0.39, 0.29) is 11.6 Å². The second-order valence-electron chi connectivity index (χ2n) is 4.55. The van der Waals surface area contributed by atoms with Crippen molar-refractivity contribution in [1.29, 1.82) is 0 Å². The van der Waals surface area contributed by atoms with E-state index in [1.165, 1.54) is 4.68 Å². The molecule has 2 N–H and O–H groups in total. The van der Waals surface area contributed by atoms with Crippen molar-refractivity contribution >= 4 is 23.2 Å². The summed E-state index contributed by atoms with van der Waals surface area (Å²) in [5.74, 6) is 0.775. The fourth-order valence-electron chi connectivity index (χ4n) is 2.23. The number of hydrogen-bond donors (Lipinski definition) is 2. The van der Waals surface area contributed by atoms with Crippen LogP contribution < -0.4 is 15.7 Å². The van der Waals surface area contributed by atoms with E-state index in [9.17, 15) is 9.59 Å². The molecule has 108 valence electrons. The number of H-pyrrole nitrogens is 1. The van der Waals surface area contributed by atoms with Crippen LogP contribution in [0.1, 0.15) is 18.3 Å². The van der Waals surface area contributed by atoms with Gasteiger partial charge in [-0.2, -0.15) is 5.10 Å². The van der Waals surface area contributed by atoms with Crippen molar-refractivity contribution in [3.63, 3.8) is 0 Å². The molecule has 0 atom stereocenters. The molecule has 0 fully saturated rings. The lowest BCUT2D eigenvalue weighted by Gasteiger charge is -2.02. The Labute approximate surface area is 120 Å². The predicted octanol–water partition coefficient (Wildman–Crippen LogP) is 1.09. The smallest absolute Gasteiger partial charge is 0.343 e. The number of nitrogens with one attached hydrogen (secondary N) is 2. The van der Waals surface area contributed by atoms with Gasteiger partial charge in [-0.15, -0.1) is 0 Å². The number of methoxy groups -OCH3 is 1. The first-order valence-corrected chi connectivity index (χ1v) is 6.51. The molecule has 0 saturated heterocycles. The fraction of sp³-hybridized carbons (Fsp3) is 0.214. The van der Waals surface area contributed by atoms with E-state index in [2.05, 4.69) is 15.4 Å². The molecule has 0 aliphatic carbocycles. The minimum Gasteiger partial charge on any atom is -0.497 e. The summed E-state index contributed by atoms with van der Waals surface area (Å²) in [6, 6.07) is 5.32. The minimum absolute atomic E-state index is 0.231. The Morgan fingerprint density at radius 2 is 2.19 bits per heavy atom. The maximum absolute atomic E-state index is 12.0. The van der Waals surface area contributed by atoms with Crippen molar-refractivity contribution < 1.29 is 9.53 Å². The van der Waals surface area contributed by atoms with Gasteiger partial charge in [0.1, 0.15) is 5.75 Å². The van der Waals surface area contributed by atoms with E-state index in [0.717, 1.165) is 5.56 Å². The molecule has 1 aliphatic heterocycles. The third kappa shape index (κ3) is 2.22. The molecule has 1 aromatic carbocycles. The van der Waals surface area contributed by atoms with Gasteiger partial charge in [-0.1, -0.05) is 0 Å². The van der Waals surface area contributed by atoms with Crippen LogP contribution in [0.15, 0.2) is 23.0 Å². The van der Waals surface area contributed by atoms with Crippen LogP contribution in [-0.2, 0) is 11.3 Å². The Hall–Kier alpha value is -2.83. The highest BCUT2D eigenvalue weighted by molar-refractivity contribution is 6.34. The number of carbonyl (C=O) groups is 1. The predicted molar refractivity (Wildman–Crippen MR) is 78.0 cm³/mol. The quantitative estimate of drug-likeness (QED) is 0.827. The number of benzene rings is 1. The lowest BCUT2D eigenvalue weighted by molar-refractivity contribution is -0.110. The van der Waals surface area contributed by atoms with Crippen LogP contribution in [-0.4, -0.2) is 27.8 Å². The van der Waals surface area contributed by atoms with Gasteiger partial charge in [0.2, 0.25) is 0 Å². The highest BCUT2D eigenvalue weighted by atomic mass is 16.5. The van der Waals surface area contributed by atoms with Crippen molar-refractivity contribution in [1.82, 2.24) is 14.8 Å². The molecule has 0 saturated carbocycles. The number of aromatic amines is 1. The molecule has 0 spiro atoms. The Morgan fingerprint density at radius 3 is 2.86 bits per heavy atom. The number of ether oxygens (including phenoxy) is 1. The summed E-state index contributed by atoms with van der Waals surface area (Å²) >= 11 is 0. The molecule has 2 aromatic rings. The highest BCUT2D eigenvalue weighted by Crippen LogP contribution is 2.35. The molecule has 1 aromatic heterocycles. The first-order chi connectivity index (χ1) is 10.1. The van der Waals surface area contributed by atoms with Crippen molar-refractivity contribution in [3.05, 3.63) is 40.1 Å². The molecule has 0 unspecified atom stereocenters. The number of fused-ring (bicyclic) bond motifs is 1. The van der Waals surface area contributed by atoms with Crippen LogP contribution in [0.25, 0.3) is 11.6 Å². The van der Waals surface area contributed by atoms with Crippen molar-refractivity contribution in [3.8, 4) is 5.75 Å². The van der Waals surface area contributed by atoms with E-state index in [4.69, 9.17) is 4.74 Å². The number of amides is 1. The fourth-order valence-corrected chi connectivity index (χ4v) is 2.23. The van der Waals surface area contributed by atoms with Crippen LogP contribution >= 0.6 is 0 Å². The lowest BCUT2D eigenvalue weighted by atomic mass is 10.1. The molecule has 1 amide bonds. The number of carbonyl (C=O) groups excluding carboxylic acids is 1. The van der Waals surface area contributed by atoms with Gasteiger partial charge in [-0.3, -0.25) is 9.78 Å². The zero-order valence-corrected chi connectivity index (χ0v) is 11.6. The van der Waals surface area contributed by atoms with Gasteiger partial charge in [0.05, 0.1) is 12.7 Å². The van der Waals surface area contributed by atoms with Gasteiger partial charge < -0.3 is 10.1 Å². The van der Waals surface area contributed by atoms with Crippen molar-refractivity contribution in [2.45, 2.75) is 13.5 Å². The average Bonchev–Trinajstić information content (AvgIpc) is 2.99. The average molecular weight is 286 g/mol. The van der Waals surface area contributed by atoms with E-state index in [1.807, 2.05) is 6.92 Å². The van der Waals surface area contributed by atoms with Gasteiger partial charge >= 0.3 is 5.69 Å². The zero-order valence-electron chi connectivity index (χ0n) is 11.6. The van der Waals surface area contributed by atoms with E-state index in [1.54, 1.807) is 31.4 Å². The van der Waals surface area contributed by atoms with Gasteiger partial charge in [-0.05, 0) is 31.2 Å². The Kier molecular flexibility index (Phi) is 3.09. The monoisotopic (exact) mass is 286 g/mol. The number of rotatable bonds is 3. The van der Waals surface area contributed by atoms with Gasteiger partial charge in [0.25, 0.3) is 5.91 Å². The summed E-state index contributed by atoms with van der Waals surface area (Å²) < 4.78 is 6.47.